The van der Waals surface area contributed by atoms with Crippen LogP contribution in [0.2, 0.25) is 0 Å². The van der Waals surface area contributed by atoms with Gasteiger partial charge in [-0.3, -0.25) is 0 Å². The fraction of sp³-hybridized carbons (Fsp3) is 0.364. The normalized spacial score (nSPS) is 20.8. The molecule has 0 radical (unpaired) electrons. The van der Waals surface area contributed by atoms with Crippen LogP contribution in [0, 0.1) is 0 Å². The Morgan fingerprint density at radius 1 is 1.47 bits per heavy atom. The minimum Gasteiger partial charge on any atom is -0.376 e. The van der Waals surface area contributed by atoms with Gasteiger partial charge in [-0.1, -0.05) is 22.0 Å². The standard InChI is InChI=1S/C11H11BrN2O4S/c12-9-2-1-3-10(6-9)19(16,17)14-4-5-18-7-11(14)13-8-15/h1-3,6,11H,4-5,7H2. The number of carbonyl (C=O) groups excluding carboxylic acids is 1. The lowest BCUT2D eigenvalue weighted by atomic mass is 10.4. The Labute approximate surface area is 119 Å². The van der Waals surface area contributed by atoms with E-state index in [9.17, 15) is 13.2 Å². The number of sulfonamides is 1. The number of hydrogen-bond donors (Lipinski definition) is 0. The second-order valence-corrected chi connectivity index (χ2v) is 6.66. The molecule has 6 nitrogen and oxygen atoms in total. The zero-order chi connectivity index (χ0) is 13.9. The Kier molecular flexibility index (Phi) is 4.49. The summed E-state index contributed by atoms with van der Waals surface area (Å²) in [5.74, 6) is 0. The topological polar surface area (TPSA) is 76.0 Å². The van der Waals surface area contributed by atoms with E-state index in [0.717, 1.165) is 4.31 Å². The molecule has 0 N–H and O–H groups in total. The van der Waals surface area contributed by atoms with Gasteiger partial charge in [-0.15, -0.1) is 0 Å². The van der Waals surface area contributed by atoms with Gasteiger partial charge in [-0.2, -0.15) is 9.30 Å². The minimum atomic E-state index is -3.71. The first-order chi connectivity index (χ1) is 9.05. The van der Waals surface area contributed by atoms with Gasteiger partial charge in [0.05, 0.1) is 18.1 Å². The van der Waals surface area contributed by atoms with E-state index in [-0.39, 0.29) is 24.7 Å². The summed E-state index contributed by atoms with van der Waals surface area (Å²) in [4.78, 5) is 14.0. The van der Waals surface area contributed by atoms with Crippen molar-refractivity contribution in [2.75, 3.05) is 19.8 Å². The van der Waals surface area contributed by atoms with E-state index in [1.807, 2.05) is 0 Å². The molecule has 1 aliphatic rings. The molecule has 0 spiro atoms. The highest BCUT2D eigenvalue weighted by atomic mass is 79.9. The van der Waals surface area contributed by atoms with Crippen LogP contribution in [-0.4, -0.2) is 44.7 Å². The monoisotopic (exact) mass is 346 g/mol. The predicted octanol–water partition coefficient (Wildman–Crippen LogP) is 1.13. The number of morpholine rings is 1. The molecule has 1 atom stereocenters. The van der Waals surface area contributed by atoms with E-state index in [4.69, 9.17) is 4.74 Å². The van der Waals surface area contributed by atoms with E-state index in [0.29, 0.717) is 4.47 Å². The Morgan fingerprint density at radius 2 is 2.26 bits per heavy atom. The van der Waals surface area contributed by atoms with E-state index in [1.165, 1.54) is 18.2 Å². The van der Waals surface area contributed by atoms with Crippen LogP contribution >= 0.6 is 15.9 Å². The molecule has 0 aliphatic carbocycles. The molecule has 2 rings (SSSR count). The molecule has 1 fully saturated rings. The Morgan fingerprint density at radius 3 is 2.95 bits per heavy atom. The van der Waals surface area contributed by atoms with Gasteiger partial charge in [-0.05, 0) is 18.2 Å². The van der Waals surface area contributed by atoms with Gasteiger partial charge in [0.15, 0.2) is 6.17 Å². The average Bonchev–Trinajstić information content (AvgIpc) is 2.39. The Hall–Kier alpha value is -1.05. The van der Waals surface area contributed by atoms with Crippen molar-refractivity contribution in [2.45, 2.75) is 11.1 Å². The lowest BCUT2D eigenvalue weighted by Crippen LogP contribution is -2.47. The van der Waals surface area contributed by atoms with Crippen molar-refractivity contribution in [1.82, 2.24) is 4.31 Å². The van der Waals surface area contributed by atoms with Crippen LogP contribution in [0.1, 0.15) is 0 Å². The summed E-state index contributed by atoms with van der Waals surface area (Å²) in [7, 11) is -3.71. The average molecular weight is 347 g/mol. The number of rotatable bonds is 3. The predicted molar refractivity (Wildman–Crippen MR) is 70.8 cm³/mol. The molecular formula is C11H11BrN2O4S. The third-order valence-electron chi connectivity index (χ3n) is 2.66. The summed E-state index contributed by atoms with van der Waals surface area (Å²) < 4.78 is 31.9. The smallest absolute Gasteiger partial charge is 0.245 e. The molecule has 1 saturated heterocycles. The summed E-state index contributed by atoms with van der Waals surface area (Å²) in [5.41, 5.74) is 0. The number of halogens is 1. The van der Waals surface area contributed by atoms with Gasteiger partial charge < -0.3 is 4.74 Å². The molecule has 1 aromatic rings. The van der Waals surface area contributed by atoms with Crippen molar-refractivity contribution >= 4 is 32.0 Å². The minimum absolute atomic E-state index is 0.0580. The van der Waals surface area contributed by atoms with Crippen molar-refractivity contribution in [3.63, 3.8) is 0 Å². The van der Waals surface area contributed by atoms with Crippen molar-refractivity contribution in [1.29, 1.82) is 0 Å². The molecule has 8 heteroatoms. The van der Waals surface area contributed by atoms with Crippen LogP contribution in [0.25, 0.3) is 0 Å². The zero-order valence-electron chi connectivity index (χ0n) is 9.82. The molecule has 0 aromatic heterocycles. The van der Waals surface area contributed by atoms with Crippen molar-refractivity contribution in [3.8, 4) is 0 Å². The molecule has 1 unspecified atom stereocenters. The second kappa shape index (κ2) is 5.94. The van der Waals surface area contributed by atoms with Crippen LogP contribution in [0.5, 0.6) is 0 Å². The van der Waals surface area contributed by atoms with E-state index < -0.39 is 16.2 Å². The van der Waals surface area contributed by atoms with Crippen LogP contribution in [0.4, 0.5) is 0 Å². The highest BCUT2D eigenvalue weighted by molar-refractivity contribution is 9.10. The van der Waals surface area contributed by atoms with Crippen LogP contribution in [0.3, 0.4) is 0 Å². The maximum absolute atomic E-state index is 12.5. The lowest BCUT2D eigenvalue weighted by Gasteiger charge is -2.31. The van der Waals surface area contributed by atoms with Crippen molar-refractivity contribution < 1.29 is 17.9 Å². The van der Waals surface area contributed by atoms with Gasteiger partial charge in [0.2, 0.25) is 16.1 Å². The summed E-state index contributed by atoms with van der Waals surface area (Å²) in [5, 5.41) is 0. The number of aliphatic imine (C=N–C) groups is 1. The summed E-state index contributed by atoms with van der Waals surface area (Å²) in [6, 6.07) is 6.37. The Bertz CT molecular complexity index is 613. The second-order valence-electron chi connectivity index (χ2n) is 3.85. The highest BCUT2D eigenvalue weighted by Crippen LogP contribution is 2.23. The lowest BCUT2D eigenvalue weighted by molar-refractivity contribution is 0.0359. The molecule has 19 heavy (non-hydrogen) atoms. The molecule has 0 amide bonds. The van der Waals surface area contributed by atoms with Gasteiger partial charge in [0, 0.05) is 11.0 Å². The Balaban J connectivity index is 2.39. The van der Waals surface area contributed by atoms with E-state index in [2.05, 4.69) is 20.9 Å². The van der Waals surface area contributed by atoms with Crippen molar-refractivity contribution in [2.24, 2.45) is 4.99 Å². The zero-order valence-corrected chi connectivity index (χ0v) is 12.2. The van der Waals surface area contributed by atoms with Gasteiger partial charge in [-0.25, -0.2) is 13.2 Å². The molecule has 0 saturated carbocycles. The first-order valence-corrected chi connectivity index (χ1v) is 7.71. The summed E-state index contributed by atoms with van der Waals surface area (Å²) in [6.45, 7) is 0.491. The van der Waals surface area contributed by atoms with Crippen molar-refractivity contribution in [3.05, 3.63) is 28.7 Å². The third-order valence-corrected chi connectivity index (χ3v) is 5.05. The van der Waals surface area contributed by atoms with Crippen LogP contribution in [0.15, 0.2) is 38.6 Å². The van der Waals surface area contributed by atoms with Gasteiger partial charge >= 0.3 is 0 Å². The number of benzene rings is 1. The molecule has 0 bridgehead atoms. The number of isocyanates is 1. The quantitative estimate of drug-likeness (QED) is 0.607. The largest absolute Gasteiger partial charge is 0.376 e. The molecule has 102 valence electrons. The number of hydrogen-bond acceptors (Lipinski definition) is 5. The molecule has 1 heterocycles. The summed E-state index contributed by atoms with van der Waals surface area (Å²) in [6.07, 6.45) is 0.530. The number of nitrogens with zero attached hydrogens (tertiary/aromatic N) is 2. The van der Waals surface area contributed by atoms with E-state index >= 15 is 0 Å². The first kappa shape index (κ1) is 14.4. The maximum Gasteiger partial charge on any atom is 0.245 e. The fourth-order valence-corrected chi connectivity index (χ4v) is 3.87. The highest BCUT2D eigenvalue weighted by Gasteiger charge is 2.34. The maximum atomic E-state index is 12.5. The third kappa shape index (κ3) is 3.10. The van der Waals surface area contributed by atoms with Crippen LogP contribution < -0.4 is 0 Å². The molecular weight excluding hydrogens is 336 g/mol. The van der Waals surface area contributed by atoms with Crippen LogP contribution in [-0.2, 0) is 19.6 Å². The summed E-state index contributed by atoms with van der Waals surface area (Å²) >= 11 is 3.23. The fourth-order valence-electron chi connectivity index (χ4n) is 1.78. The molecule has 1 aliphatic heterocycles. The number of ether oxygens (including phenoxy) is 1. The SMILES string of the molecule is O=C=NC1COCCN1S(=O)(=O)c1cccc(Br)c1. The molecule has 1 aromatic carbocycles. The van der Waals surface area contributed by atoms with Gasteiger partial charge in [0.25, 0.3) is 0 Å². The van der Waals surface area contributed by atoms with Gasteiger partial charge in [0.1, 0.15) is 0 Å². The first-order valence-electron chi connectivity index (χ1n) is 5.48. The van der Waals surface area contributed by atoms with E-state index in [1.54, 1.807) is 12.1 Å².